The van der Waals surface area contributed by atoms with Crippen molar-refractivity contribution in [2.75, 3.05) is 11.5 Å². The van der Waals surface area contributed by atoms with E-state index in [-0.39, 0.29) is 0 Å². The zero-order valence-electron chi connectivity index (χ0n) is 26.0. The van der Waals surface area contributed by atoms with Gasteiger partial charge in [0.15, 0.2) is 0 Å². The molecule has 0 bridgehead atoms. The first kappa shape index (κ1) is 38.4. The topological polar surface area (TPSA) is 69.1 Å². The van der Waals surface area contributed by atoms with Crippen molar-refractivity contribution >= 4 is 29.3 Å². The summed E-state index contributed by atoms with van der Waals surface area (Å²) in [6, 6.07) is 8.62. The number of carbonyl (C=O) groups is 1. The number of allylic oxidation sites excluding steroid dienone is 8. The standard InChI is InChI=1S/C23H29N.C7H5F4N.2C2H6.CH2O/c1-3-7-17(2)22-15-14-21(16-23(22)24)20-12-10-19(11-13-20)18-8-5-4-6-9-18;8-4-1-2-6(12)5(3-4)7(9,10)11;3*1-2/h7,10,12-16H,3-6,8-9,11,24H2,1-2H3;1-3H,12H2;2*1-2H3;1H2/b17-7-;;;;. The highest BCUT2D eigenvalue weighted by Gasteiger charge is 2.33. The van der Waals surface area contributed by atoms with E-state index in [0.29, 0.717) is 6.07 Å². The molecule has 2 aliphatic rings. The summed E-state index contributed by atoms with van der Waals surface area (Å²) < 4.78 is 48.3. The second-order valence-corrected chi connectivity index (χ2v) is 9.21. The van der Waals surface area contributed by atoms with Gasteiger partial charge < -0.3 is 16.3 Å². The van der Waals surface area contributed by atoms with Crippen LogP contribution in [0.25, 0.3) is 11.1 Å². The first-order valence-electron chi connectivity index (χ1n) is 14.7. The van der Waals surface area contributed by atoms with E-state index in [9.17, 15) is 17.6 Å². The molecule has 3 nitrogen and oxygen atoms in total. The van der Waals surface area contributed by atoms with Gasteiger partial charge in [-0.1, -0.05) is 83.0 Å². The van der Waals surface area contributed by atoms with E-state index in [1.807, 2.05) is 34.5 Å². The van der Waals surface area contributed by atoms with Crippen LogP contribution in [-0.4, -0.2) is 6.79 Å². The van der Waals surface area contributed by atoms with Gasteiger partial charge >= 0.3 is 6.18 Å². The van der Waals surface area contributed by atoms with Crippen molar-refractivity contribution in [3.8, 4) is 0 Å². The smallest absolute Gasteiger partial charge is 0.398 e. The molecule has 0 atom stereocenters. The first-order chi connectivity index (χ1) is 20.1. The molecule has 0 spiro atoms. The number of hydrogen-bond donors (Lipinski definition) is 2. The molecule has 4 N–H and O–H groups in total. The lowest BCUT2D eigenvalue weighted by molar-refractivity contribution is -0.137. The summed E-state index contributed by atoms with van der Waals surface area (Å²) in [5.41, 5.74) is 18.7. The number of benzene rings is 2. The molecule has 4 rings (SSSR count). The second-order valence-electron chi connectivity index (χ2n) is 9.21. The van der Waals surface area contributed by atoms with Crippen LogP contribution in [-0.2, 0) is 11.0 Å². The molecule has 1 saturated carbocycles. The van der Waals surface area contributed by atoms with E-state index < -0.39 is 23.2 Å². The SMILES string of the molecule is C=O.CC.CC.CC/C=C(/C)c1ccc(C2=CCC(=C3CCCCC3)C=C2)cc1N.Nc1ccc(F)cc1C(F)(F)F. The predicted molar refractivity (Wildman–Crippen MR) is 172 cm³/mol. The van der Waals surface area contributed by atoms with Crippen LogP contribution in [0, 0.1) is 5.82 Å². The highest BCUT2D eigenvalue weighted by atomic mass is 19.4. The van der Waals surface area contributed by atoms with Crippen LogP contribution in [0.4, 0.5) is 28.9 Å². The molecular formula is C35H48F4N2O. The summed E-state index contributed by atoms with van der Waals surface area (Å²) in [5.74, 6) is -0.948. The quantitative estimate of drug-likeness (QED) is 0.277. The summed E-state index contributed by atoms with van der Waals surface area (Å²) in [6.07, 6.45) is 13.4. The lowest BCUT2D eigenvalue weighted by Crippen LogP contribution is -2.09. The van der Waals surface area contributed by atoms with E-state index in [4.69, 9.17) is 16.3 Å². The van der Waals surface area contributed by atoms with Crippen LogP contribution in [0.15, 0.2) is 71.8 Å². The van der Waals surface area contributed by atoms with Gasteiger partial charge in [-0.25, -0.2) is 4.39 Å². The number of carbonyl (C=O) groups excluding carboxylic acids is 1. The Morgan fingerprint density at radius 2 is 1.52 bits per heavy atom. The highest BCUT2D eigenvalue weighted by molar-refractivity contribution is 5.82. The Labute approximate surface area is 250 Å². The molecule has 2 aliphatic carbocycles. The fourth-order valence-electron chi connectivity index (χ4n) is 4.61. The fourth-order valence-corrected chi connectivity index (χ4v) is 4.61. The third-order valence-corrected chi connectivity index (χ3v) is 6.56. The summed E-state index contributed by atoms with van der Waals surface area (Å²) in [7, 11) is 0. The molecule has 0 aromatic heterocycles. The van der Waals surface area contributed by atoms with Crippen LogP contribution in [0.5, 0.6) is 0 Å². The molecule has 0 saturated heterocycles. The van der Waals surface area contributed by atoms with Gasteiger partial charge in [-0.2, -0.15) is 13.2 Å². The van der Waals surface area contributed by atoms with E-state index in [0.717, 1.165) is 36.2 Å². The molecule has 0 heterocycles. The Morgan fingerprint density at radius 1 is 0.905 bits per heavy atom. The number of nitrogens with two attached hydrogens (primary N) is 2. The fraction of sp³-hybridized carbons (Fsp3) is 0.400. The maximum Gasteiger partial charge on any atom is 0.418 e. The lowest BCUT2D eigenvalue weighted by atomic mass is 9.86. The zero-order chi connectivity index (χ0) is 32.3. The number of nitrogen functional groups attached to an aromatic ring is 2. The minimum atomic E-state index is -4.59. The van der Waals surface area contributed by atoms with Crippen LogP contribution in [0.3, 0.4) is 0 Å². The van der Waals surface area contributed by atoms with Gasteiger partial charge in [-0.15, -0.1) is 0 Å². The van der Waals surface area contributed by atoms with Gasteiger partial charge in [-0.05, 0) is 92.0 Å². The second kappa shape index (κ2) is 20.3. The number of halogens is 4. The van der Waals surface area contributed by atoms with Crippen molar-refractivity contribution in [3.05, 3.63) is 94.4 Å². The van der Waals surface area contributed by atoms with Crippen molar-refractivity contribution in [1.82, 2.24) is 0 Å². The first-order valence-corrected chi connectivity index (χ1v) is 14.7. The van der Waals surface area contributed by atoms with Crippen molar-refractivity contribution in [2.24, 2.45) is 0 Å². The Hall–Kier alpha value is -3.61. The van der Waals surface area contributed by atoms with Gasteiger partial charge in [0.25, 0.3) is 0 Å². The van der Waals surface area contributed by atoms with Crippen LogP contribution in [0.1, 0.15) is 103 Å². The number of hydrogen-bond acceptors (Lipinski definition) is 3. The third kappa shape index (κ3) is 12.1. The third-order valence-electron chi connectivity index (χ3n) is 6.56. The van der Waals surface area contributed by atoms with Gasteiger partial charge in [-0.3, -0.25) is 0 Å². The van der Waals surface area contributed by atoms with Crippen LogP contribution >= 0.6 is 0 Å². The average molecular weight is 589 g/mol. The molecule has 7 heteroatoms. The molecule has 2 aromatic rings. The normalized spacial score (nSPS) is 14.4. The molecule has 232 valence electrons. The number of rotatable bonds is 3. The molecular weight excluding hydrogens is 540 g/mol. The summed E-state index contributed by atoms with van der Waals surface area (Å²) in [6.45, 7) is 14.3. The molecule has 0 unspecified atom stereocenters. The van der Waals surface area contributed by atoms with Gasteiger partial charge in [0.05, 0.1) is 5.56 Å². The Balaban J connectivity index is 0.000000787. The summed E-state index contributed by atoms with van der Waals surface area (Å²) in [4.78, 5) is 8.00. The maximum atomic E-state index is 12.3. The minimum absolute atomic E-state index is 0.370. The van der Waals surface area contributed by atoms with Crippen molar-refractivity contribution in [2.45, 2.75) is 92.7 Å². The van der Waals surface area contributed by atoms with Crippen molar-refractivity contribution in [1.29, 1.82) is 0 Å². The number of alkyl halides is 3. The summed E-state index contributed by atoms with van der Waals surface area (Å²) in [5, 5.41) is 0. The Morgan fingerprint density at radius 3 is 2.00 bits per heavy atom. The van der Waals surface area contributed by atoms with E-state index in [1.165, 1.54) is 48.8 Å². The largest absolute Gasteiger partial charge is 0.418 e. The van der Waals surface area contributed by atoms with Crippen LogP contribution in [0.2, 0.25) is 0 Å². The van der Waals surface area contributed by atoms with Crippen LogP contribution < -0.4 is 11.5 Å². The van der Waals surface area contributed by atoms with E-state index >= 15 is 0 Å². The molecule has 1 fully saturated rings. The number of anilines is 2. The Bertz CT molecular complexity index is 1220. The molecule has 0 aliphatic heterocycles. The molecule has 42 heavy (non-hydrogen) atoms. The van der Waals surface area contributed by atoms with Gasteiger partial charge in [0, 0.05) is 16.9 Å². The molecule has 0 amide bonds. The predicted octanol–water partition coefficient (Wildman–Crippen LogP) is 11.0. The molecule has 0 radical (unpaired) electrons. The minimum Gasteiger partial charge on any atom is -0.398 e. The van der Waals surface area contributed by atoms with Crippen molar-refractivity contribution < 1.29 is 22.4 Å². The van der Waals surface area contributed by atoms with Crippen molar-refractivity contribution in [3.63, 3.8) is 0 Å². The monoisotopic (exact) mass is 588 g/mol. The van der Waals surface area contributed by atoms with Gasteiger partial charge in [0.2, 0.25) is 0 Å². The van der Waals surface area contributed by atoms with E-state index in [2.05, 4.69) is 56.4 Å². The Kier molecular flexibility index (Phi) is 18.6. The molecule has 2 aromatic carbocycles. The van der Waals surface area contributed by atoms with Gasteiger partial charge in [0.1, 0.15) is 12.6 Å². The highest BCUT2D eigenvalue weighted by Crippen LogP contribution is 2.34. The van der Waals surface area contributed by atoms with E-state index in [1.54, 1.807) is 11.1 Å². The average Bonchev–Trinajstić information content (AvgIpc) is 3.02. The maximum absolute atomic E-state index is 12.3. The zero-order valence-corrected chi connectivity index (χ0v) is 26.0. The lowest BCUT2D eigenvalue weighted by Gasteiger charge is -2.19. The summed E-state index contributed by atoms with van der Waals surface area (Å²) >= 11 is 0.